The van der Waals surface area contributed by atoms with E-state index in [1.807, 2.05) is 47.4 Å². The van der Waals surface area contributed by atoms with Crippen LogP contribution in [0.2, 0.25) is 0 Å². The van der Waals surface area contributed by atoms with Crippen molar-refractivity contribution in [2.24, 2.45) is 0 Å². The summed E-state index contributed by atoms with van der Waals surface area (Å²) < 4.78 is 0. The normalized spacial score (nSPS) is 14.7. The van der Waals surface area contributed by atoms with E-state index < -0.39 is 0 Å². The third-order valence-electron chi connectivity index (χ3n) is 4.27. The summed E-state index contributed by atoms with van der Waals surface area (Å²) in [6.45, 7) is 2.92. The van der Waals surface area contributed by atoms with E-state index in [-0.39, 0.29) is 5.91 Å². The second-order valence-corrected chi connectivity index (χ2v) is 5.92. The summed E-state index contributed by atoms with van der Waals surface area (Å²) in [6, 6.07) is 15.4. The molecule has 2 heterocycles. The zero-order chi connectivity index (χ0) is 18.2. The van der Waals surface area contributed by atoms with Crippen LogP contribution in [-0.4, -0.2) is 42.0 Å². The molecule has 5 nitrogen and oxygen atoms in total. The van der Waals surface area contributed by atoms with E-state index in [1.54, 1.807) is 30.5 Å². The van der Waals surface area contributed by atoms with Gasteiger partial charge in [-0.2, -0.15) is 5.26 Å². The predicted molar refractivity (Wildman–Crippen MR) is 102 cm³/mol. The number of amides is 1. The molecule has 2 aromatic rings. The first kappa shape index (κ1) is 17.4. The lowest BCUT2D eigenvalue weighted by molar-refractivity contribution is -0.126. The van der Waals surface area contributed by atoms with Gasteiger partial charge in [-0.3, -0.25) is 4.79 Å². The Kier molecular flexibility index (Phi) is 5.79. The van der Waals surface area contributed by atoms with Gasteiger partial charge in [-0.25, -0.2) is 4.98 Å². The highest BCUT2D eigenvalue weighted by molar-refractivity contribution is 5.88. The summed E-state index contributed by atoms with van der Waals surface area (Å²) in [5.74, 6) is 0.957. The van der Waals surface area contributed by atoms with Crippen molar-refractivity contribution in [3.63, 3.8) is 0 Å². The maximum Gasteiger partial charge on any atom is 0.246 e. The first-order valence-corrected chi connectivity index (χ1v) is 8.57. The van der Waals surface area contributed by atoms with Gasteiger partial charge in [0.1, 0.15) is 5.82 Å². The molecule has 1 aromatic carbocycles. The molecule has 3 rings (SSSR count). The van der Waals surface area contributed by atoms with Crippen LogP contribution in [-0.2, 0) is 4.79 Å². The SMILES string of the molecule is N#Cc1ccccc1/C=C/C=C/C(=O)N1CCN(c2ccccn2)CC1. The van der Waals surface area contributed by atoms with Gasteiger partial charge in [-0.05, 0) is 23.8 Å². The summed E-state index contributed by atoms with van der Waals surface area (Å²) in [7, 11) is 0. The fraction of sp³-hybridized carbons (Fsp3) is 0.190. The molecule has 1 aromatic heterocycles. The van der Waals surface area contributed by atoms with E-state index in [4.69, 9.17) is 5.26 Å². The number of allylic oxidation sites excluding steroid dienone is 2. The molecule has 5 heteroatoms. The topological polar surface area (TPSA) is 60.2 Å². The smallest absolute Gasteiger partial charge is 0.246 e. The maximum atomic E-state index is 12.3. The van der Waals surface area contributed by atoms with Crippen molar-refractivity contribution in [1.29, 1.82) is 5.26 Å². The van der Waals surface area contributed by atoms with Gasteiger partial charge in [0.25, 0.3) is 0 Å². The maximum absolute atomic E-state index is 12.3. The molecule has 1 aliphatic rings. The largest absolute Gasteiger partial charge is 0.353 e. The van der Waals surface area contributed by atoms with Gasteiger partial charge in [0, 0.05) is 38.5 Å². The number of anilines is 1. The van der Waals surface area contributed by atoms with Gasteiger partial charge in [0.15, 0.2) is 0 Å². The van der Waals surface area contributed by atoms with E-state index in [9.17, 15) is 4.79 Å². The molecule has 0 radical (unpaired) electrons. The number of rotatable bonds is 4. The van der Waals surface area contributed by atoms with Crippen molar-refractivity contribution in [3.8, 4) is 6.07 Å². The number of pyridine rings is 1. The van der Waals surface area contributed by atoms with Crippen LogP contribution < -0.4 is 4.90 Å². The predicted octanol–water partition coefficient (Wildman–Crippen LogP) is 2.87. The van der Waals surface area contributed by atoms with Gasteiger partial charge in [0.05, 0.1) is 11.6 Å². The van der Waals surface area contributed by atoms with Crippen LogP contribution in [0.3, 0.4) is 0 Å². The van der Waals surface area contributed by atoms with Gasteiger partial charge < -0.3 is 9.80 Å². The van der Waals surface area contributed by atoms with Crippen LogP contribution in [0.5, 0.6) is 0 Å². The lowest BCUT2D eigenvalue weighted by Crippen LogP contribution is -2.48. The van der Waals surface area contributed by atoms with Gasteiger partial charge in [-0.15, -0.1) is 0 Å². The highest BCUT2D eigenvalue weighted by Gasteiger charge is 2.19. The van der Waals surface area contributed by atoms with Crippen molar-refractivity contribution in [2.75, 3.05) is 31.1 Å². The average Bonchev–Trinajstić information content (AvgIpc) is 2.72. The Morgan fingerprint density at radius 1 is 1.04 bits per heavy atom. The number of hydrogen-bond donors (Lipinski definition) is 0. The minimum absolute atomic E-state index is 0.00360. The Bertz CT molecular complexity index is 844. The Hall–Kier alpha value is -3.39. The second-order valence-electron chi connectivity index (χ2n) is 5.92. The summed E-state index contributed by atoms with van der Waals surface area (Å²) in [4.78, 5) is 20.7. The third-order valence-corrected chi connectivity index (χ3v) is 4.27. The lowest BCUT2D eigenvalue weighted by atomic mass is 10.1. The van der Waals surface area contributed by atoms with Crippen LogP contribution in [0, 0.1) is 11.3 Å². The van der Waals surface area contributed by atoms with Crippen molar-refractivity contribution >= 4 is 17.8 Å². The van der Waals surface area contributed by atoms with Crippen molar-refractivity contribution in [3.05, 3.63) is 78.0 Å². The van der Waals surface area contributed by atoms with Crippen LogP contribution in [0.4, 0.5) is 5.82 Å². The van der Waals surface area contributed by atoms with Crippen LogP contribution in [0.25, 0.3) is 6.08 Å². The standard InChI is InChI=1S/C21H20N4O/c22-17-19-9-2-1-7-18(19)8-3-4-11-21(26)25-15-13-24(14-16-25)20-10-5-6-12-23-20/h1-12H,13-16H2/b8-3+,11-4+. The molecular weight excluding hydrogens is 324 g/mol. The molecule has 26 heavy (non-hydrogen) atoms. The summed E-state index contributed by atoms with van der Waals surface area (Å²) in [5.41, 5.74) is 1.46. The minimum atomic E-state index is 0.00360. The fourth-order valence-corrected chi connectivity index (χ4v) is 2.84. The van der Waals surface area contributed by atoms with Crippen molar-refractivity contribution < 1.29 is 4.79 Å². The number of hydrogen-bond acceptors (Lipinski definition) is 4. The minimum Gasteiger partial charge on any atom is -0.353 e. The first-order valence-electron chi connectivity index (χ1n) is 8.57. The van der Waals surface area contributed by atoms with E-state index in [2.05, 4.69) is 16.0 Å². The number of carbonyl (C=O) groups is 1. The molecule has 0 N–H and O–H groups in total. The molecule has 0 unspecified atom stereocenters. The molecule has 0 saturated carbocycles. The Morgan fingerprint density at radius 2 is 1.81 bits per heavy atom. The number of carbonyl (C=O) groups excluding carboxylic acids is 1. The highest BCUT2D eigenvalue weighted by atomic mass is 16.2. The fourth-order valence-electron chi connectivity index (χ4n) is 2.84. The lowest BCUT2D eigenvalue weighted by Gasteiger charge is -2.34. The van der Waals surface area contributed by atoms with Crippen LogP contribution in [0.1, 0.15) is 11.1 Å². The quantitative estimate of drug-likeness (QED) is 0.632. The Morgan fingerprint density at radius 3 is 2.54 bits per heavy atom. The molecule has 1 amide bonds. The number of nitrogens with zero attached hydrogens (tertiary/aromatic N) is 4. The number of nitriles is 1. The zero-order valence-electron chi connectivity index (χ0n) is 14.5. The van der Waals surface area contributed by atoms with E-state index in [1.165, 1.54) is 0 Å². The third kappa shape index (κ3) is 4.37. The number of aromatic nitrogens is 1. The summed E-state index contributed by atoms with van der Waals surface area (Å²) >= 11 is 0. The Labute approximate surface area is 153 Å². The molecular formula is C21H20N4O. The molecule has 0 aliphatic carbocycles. The number of benzene rings is 1. The van der Waals surface area contributed by atoms with Crippen molar-refractivity contribution in [1.82, 2.24) is 9.88 Å². The van der Waals surface area contributed by atoms with Gasteiger partial charge in [-0.1, -0.05) is 42.5 Å². The molecule has 0 spiro atoms. The Balaban J connectivity index is 1.52. The summed E-state index contributed by atoms with van der Waals surface area (Å²) in [6.07, 6.45) is 8.70. The second kappa shape index (κ2) is 8.63. The molecule has 0 bridgehead atoms. The zero-order valence-corrected chi connectivity index (χ0v) is 14.5. The van der Waals surface area contributed by atoms with Gasteiger partial charge in [0.2, 0.25) is 5.91 Å². The van der Waals surface area contributed by atoms with Crippen molar-refractivity contribution in [2.45, 2.75) is 0 Å². The average molecular weight is 344 g/mol. The first-order chi connectivity index (χ1) is 12.8. The molecule has 0 atom stereocenters. The highest BCUT2D eigenvalue weighted by Crippen LogP contribution is 2.13. The van der Waals surface area contributed by atoms with E-state index >= 15 is 0 Å². The molecule has 1 fully saturated rings. The molecule has 1 saturated heterocycles. The van der Waals surface area contributed by atoms with Gasteiger partial charge >= 0.3 is 0 Å². The van der Waals surface area contributed by atoms with E-state index in [0.29, 0.717) is 18.7 Å². The van der Waals surface area contributed by atoms with Crippen LogP contribution >= 0.6 is 0 Å². The number of piperazine rings is 1. The molecule has 130 valence electrons. The monoisotopic (exact) mass is 344 g/mol. The van der Waals surface area contributed by atoms with E-state index in [0.717, 1.165) is 24.5 Å². The summed E-state index contributed by atoms with van der Waals surface area (Å²) in [5, 5.41) is 9.07. The van der Waals surface area contributed by atoms with Crippen LogP contribution in [0.15, 0.2) is 66.9 Å². The molecule has 1 aliphatic heterocycles.